The molecule has 6 heteroatoms. The van der Waals surface area contributed by atoms with Gasteiger partial charge >= 0.3 is 0 Å². The third-order valence-corrected chi connectivity index (χ3v) is 4.61. The van der Waals surface area contributed by atoms with Gasteiger partial charge in [-0.1, -0.05) is 12.8 Å². The monoisotopic (exact) mass is 342 g/mol. The fourth-order valence-corrected chi connectivity index (χ4v) is 3.17. The van der Waals surface area contributed by atoms with Crippen molar-refractivity contribution < 1.29 is 19.1 Å². The van der Waals surface area contributed by atoms with Gasteiger partial charge in [0.15, 0.2) is 5.76 Å². The molecule has 132 valence electrons. The van der Waals surface area contributed by atoms with Crippen LogP contribution in [0.15, 0.2) is 47.1 Å². The Morgan fingerprint density at radius 3 is 2.52 bits per heavy atom. The van der Waals surface area contributed by atoms with Gasteiger partial charge in [0.25, 0.3) is 11.8 Å². The lowest BCUT2D eigenvalue weighted by Crippen LogP contribution is -2.43. The van der Waals surface area contributed by atoms with E-state index in [0.717, 1.165) is 25.7 Å². The van der Waals surface area contributed by atoms with E-state index in [1.54, 1.807) is 36.4 Å². The zero-order valence-corrected chi connectivity index (χ0v) is 13.9. The summed E-state index contributed by atoms with van der Waals surface area (Å²) in [5.74, 6) is -0.136. The predicted octanol–water partition coefficient (Wildman–Crippen LogP) is 2.81. The summed E-state index contributed by atoms with van der Waals surface area (Å²) in [6.45, 7) is 0.0999. The van der Waals surface area contributed by atoms with Crippen LogP contribution in [-0.2, 0) is 0 Å². The number of hydrogen-bond donors (Lipinski definition) is 3. The highest BCUT2D eigenvalue weighted by molar-refractivity contribution is 6.02. The summed E-state index contributed by atoms with van der Waals surface area (Å²) < 4.78 is 5.04. The van der Waals surface area contributed by atoms with E-state index in [2.05, 4.69) is 10.6 Å². The third-order valence-electron chi connectivity index (χ3n) is 4.61. The van der Waals surface area contributed by atoms with E-state index in [1.165, 1.54) is 6.26 Å². The van der Waals surface area contributed by atoms with E-state index < -0.39 is 0 Å². The average molecular weight is 342 g/mol. The Kier molecular flexibility index (Phi) is 5.50. The summed E-state index contributed by atoms with van der Waals surface area (Å²) in [5, 5.41) is 15.2. The fraction of sp³-hybridized carbons (Fsp3) is 0.368. The first-order valence-corrected chi connectivity index (χ1v) is 8.54. The molecule has 1 fully saturated rings. The standard InChI is InChI=1S/C19H22N2O4/c22-12-14-4-1-2-5-16(14)21-18(23)13-7-9-15(10-8-13)20-19(24)17-6-3-11-25-17/h3,6-11,14,16,22H,1-2,4-5,12H2,(H,20,24)(H,21,23). The van der Waals surface area contributed by atoms with Crippen molar-refractivity contribution >= 4 is 17.5 Å². The zero-order valence-electron chi connectivity index (χ0n) is 13.9. The Labute approximate surface area is 146 Å². The molecule has 1 heterocycles. The number of furan rings is 1. The van der Waals surface area contributed by atoms with Crippen molar-refractivity contribution in [3.8, 4) is 0 Å². The van der Waals surface area contributed by atoms with Crippen molar-refractivity contribution in [2.75, 3.05) is 11.9 Å². The third kappa shape index (κ3) is 4.28. The molecule has 25 heavy (non-hydrogen) atoms. The number of benzene rings is 1. The Balaban J connectivity index is 1.59. The van der Waals surface area contributed by atoms with Gasteiger partial charge < -0.3 is 20.2 Å². The summed E-state index contributed by atoms with van der Waals surface area (Å²) in [5.41, 5.74) is 1.11. The average Bonchev–Trinajstić information content (AvgIpc) is 3.17. The predicted molar refractivity (Wildman–Crippen MR) is 93.4 cm³/mol. The maximum absolute atomic E-state index is 12.4. The van der Waals surface area contributed by atoms with Crippen LogP contribution in [0.3, 0.4) is 0 Å². The number of carbonyl (C=O) groups excluding carboxylic acids is 2. The van der Waals surface area contributed by atoms with E-state index in [4.69, 9.17) is 4.42 Å². The van der Waals surface area contributed by atoms with Crippen molar-refractivity contribution in [3.63, 3.8) is 0 Å². The first-order chi connectivity index (χ1) is 12.2. The van der Waals surface area contributed by atoms with Gasteiger partial charge in [-0.3, -0.25) is 9.59 Å². The van der Waals surface area contributed by atoms with E-state index in [0.29, 0.717) is 11.3 Å². The van der Waals surface area contributed by atoms with Crippen LogP contribution in [0.25, 0.3) is 0 Å². The Morgan fingerprint density at radius 2 is 1.84 bits per heavy atom. The van der Waals surface area contributed by atoms with Gasteiger partial charge in [-0.2, -0.15) is 0 Å². The Hall–Kier alpha value is -2.60. The van der Waals surface area contributed by atoms with Crippen LogP contribution < -0.4 is 10.6 Å². The van der Waals surface area contributed by atoms with Gasteiger partial charge in [-0.15, -0.1) is 0 Å². The molecule has 2 aromatic rings. The molecule has 3 rings (SSSR count). The molecular weight excluding hydrogens is 320 g/mol. The van der Waals surface area contributed by atoms with Crippen LogP contribution in [0.5, 0.6) is 0 Å². The van der Waals surface area contributed by atoms with E-state index >= 15 is 0 Å². The minimum absolute atomic E-state index is 0.0181. The molecule has 0 saturated heterocycles. The van der Waals surface area contributed by atoms with Crippen LogP contribution in [0.1, 0.15) is 46.6 Å². The van der Waals surface area contributed by atoms with Crippen LogP contribution >= 0.6 is 0 Å². The number of carbonyl (C=O) groups is 2. The van der Waals surface area contributed by atoms with Crippen molar-refractivity contribution in [3.05, 3.63) is 54.0 Å². The molecule has 1 aliphatic carbocycles. The SMILES string of the molecule is O=C(NC1CCCCC1CO)c1ccc(NC(=O)c2ccco2)cc1. The second-order valence-corrected chi connectivity index (χ2v) is 6.32. The Morgan fingerprint density at radius 1 is 1.08 bits per heavy atom. The molecule has 0 spiro atoms. The fourth-order valence-electron chi connectivity index (χ4n) is 3.17. The first kappa shape index (κ1) is 17.2. The highest BCUT2D eigenvalue weighted by atomic mass is 16.3. The summed E-state index contributed by atoms with van der Waals surface area (Å²) >= 11 is 0. The van der Waals surface area contributed by atoms with E-state index in [9.17, 15) is 14.7 Å². The highest BCUT2D eigenvalue weighted by Gasteiger charge is 2.26. The van der Waals surface area contributed by atoms with Gasteiger partial charge in [0.2, 0.25) is 0 Å². The number of nitrogens with one attached hydrogen (secondary N) is 2. The normalized spacial score (nSPS) is 20.0. The minimum atomic E-state index is -0.338. The molecule has 1 aromatic carbocycles. The van der Waals surface area contributed by atoms with Gasteiger partial charge in [0, 0.05) is 29.8 Å². The van der Waals surface area contributed by atoms with Crippen LogP contribution in [0.2, 0.25) is 0 Å². The smallest absolute Gasteiger partial charge is 0.291 e. The maximum atomic E-state index is 12.4. The van der Waals surface area contributed by atoms with E-state index in [-0.39, 0.29) is 36.1 Å². The molecular formula is C19H22N2O4. The second kappa shape index (κ2) is 7.98. The summed E-state index contributed by atoms with van der Waals surface area (Å²) in [6, 6.07) is 9.95. The molecule has 1 aromatic heterocycles. The number of aliphatic hydroxyl groups is 1. The van der Waals surface area contributed by atoms with Gasteiger partial charge in [0.05, 0.1) is 6.26 Å². The van der Waals surface area contributed by atoms with Crippen LogP contribution in [0, 0.1) is 5.92 Å². The highest BCUT2D eigenvalue weighted by Crippen LogP contribution is 2.24. The minimum Gasteiger partial charge on any atom is -0.459 e. The number of anilines is 1. The number of aliphatic hydroxyl groups excluding tert-OH is 1. The molecule has 1 saturated carbocycles. The van der Waals surface area contributed by atoms with Gasteiger partial charge in [0.1, 0.15) is 0 Å². The van der Waals surface area contributed by atoms with E-state index in [1.807, 2.05) is 0 Å². The molecule has 2 unspecified atom stereocenters. The lowest BCUT2D eigenvalue weighted by Gasteiger charge is -2.30. The van der Waals surface area contributed by atoms with Crippen LogP contribution in [0.4, 0.5) is 5.69 Å². The van der Waals surface area contributed by atoms with Gasteiger partial charge in [-0.25, -0.2) is 0 Å². The molecule has 6 nitrogen and oxygen atoms in total. The number of amides is 2. The first-order valence-electron chi connectivity index (χ1n) is 8.54. The number of rotatable bonds is 5. The van der Waals surface area contributed by atoms with Crippen LogP contribution in [-0.4, -0.2) is 29.6 Å². The summed E-state index contributed by atoms with van der Waals surface area (Å²) in [7, 11) is 0. The second-order valence-electron chi connectivity index (χ2n) is 6.32. The maximum Gasteiger partial charge on any atom is 0.291 e. The molecule has 1 aliphatic rings. The quantitative estimate of drug-likeness (QED) is 0.779. The summed E-state index contributed by atoms with van der Waals surface area (Å²) in [6.07, 6.45) is 5.45. The molecule has 2 amide bonds. The van der Waals surface area contributed by atoms with Crippen molar-refractivity contribution in [2.24, 2.45) is 5.92 Å². The largest absolute Gasteiger partial charge is 0.459 e. The number of hydrogen-bond acceptors (Lipinski definition) is 4. The summed E-state index contributed by atoms with van der Waals surface area (Å²) in [4.78, 5) is 24.3. The topological polar surface area (TPSA) is 91.6 Å². The molecule has 0 aliphatic heterocycles. The Bertz CT molecular complexity index is 710. The van der Waals surface area contributed by atoms with Gasteiger partial charge in [-0.05, 0) is 49.2 Å². The zero-order chi connectivity index (χ0) is 17.6. The lowest BCUT2D eigenvalue weighted by molar-refractivity contribution is 0.0872. The molecule has 0 bridgehead atoms. The molecule has 3 N–H and O–H groups in total. The van der Waals surface area contributed by atoms with Crippen molar-refractivity contribution in [1.82, 2.24) is 5.32 Å². The molecule has 0 radical (unpaired) electrons. The lowest BCUT2D eigenvalue weighted by atomic mass is 9.85. The van der Waals surface area contributed by atoms with Crippen molar-refractivity contribution in [1.29, 1.82) is 0 Å². The van der Waals surface area contributed by atoms with Crippen molar-refractivity contribution in [2.45, 2.75) is 31.7 Å². The molecule has 2 atom stereocenters.